The molecule has 10 heavy (non-hydrogen) atoms. The highest BCUT2D eigenvalue weighted by atomic mass is 14.8. The smallest absolute Gasteiger partial charge is 0.0224 e. The third-order valence-electron chi connectivity index (χ3n) is 0.916. The molecule has 0 aliphatic rings. The number of rotatable bonds is 2. The van der Waals surface area contributed by atoms with Crippen molar-refractivity contribution in [1.82, 2.24) is 5.32 Å². The molecular formula is C9H13N. The van der Waals surface area contributed by atoms with Crippen LogP contribution in [0, 0.1) is 23.7 Å². The van der Waals surface area contributed by atoms with Gasteiger partial charge in [-0.3, -0.25) is 0 Å². The molecule has 0 amide bonds. The highest BCUT2D eigenvalue weighted by Gasteiger charge is 1.71. The van der Waals surface area contributed by atoms with Gasteiger partial charge in [0, 0.05) is 19.4 Å². The average Bonchev–Trinajstić information content (AvgIpc) is 1.97. The molecule has 0 heterocycles. The van der Waals surface area contributed by atoms with Crippen LogP contribution < -0.4 is 5.32 Å². The van der Waals surface area contributed by atoms with Crippen molar-refractivity contribution in [2.45, 2.75) is 19.8 Å². The number of hydrogen-bond acceptors (Lipinski definition) is 1. The van der Waals surface area contributed by atoms with Gasteiger partial charge in [-0.25, -0.2) is 0 Å². The minimum absolute atomic E-state index is 0.884. The van der Waals surface area contributed by atoms with Crippen molar-refractivity contribution in [2.75, 3.05) is 13.6 Å². The van der Waals surface area contributed by atoms with Crippen molar-refractivity contribution < 1.29 is 0 Å². The number of hydrogen-bond donors (Lipinski definition) is 1. The van der Waals surface area contributed by atoms with Crippen LogP contribution in [0.2, 0.25) is 0 Å². The summed E-state index contributed by atoms with van der Waals surface area (Å²) in [5, 5.41) is 3.01. The molecule has 0 aliphatic heterocycles. The van der Waals surface area contributed by atoms with Crippen molar-refractivity contribution in [3.8, 4) is 23.7 Å². The van der Waals surface area contributed by atoms with Gasteiger partial charge in [-0.2, -0.15) is 0 Å². The minimum Gasteiger partial charge on any atom is -0.319 e. The zero-order valence-electron chi connectivity index (χ0n) is 6.62. The predicted octanol–water partition coefficient (Wildman–Crippen LogP) is 1.01. The van der Waals surface area contributed by atoms with Crippen molar-refractivity contribution >= 4 is 0 Å². The Kier molecular flexibility index (Phi) is 7.34. The van der Waals surface area contributed by atoms with Crippen molar-refractivity contribution in [1.29, 1.82) is 0 Å². The van der Waals surface area contributed by atoms with E-state index in [1.165, 1.54) is 0 Å². The van der Waals surface area contributed by atoms with E-state index < -0.39 is 0 Å². The topological polar surface area (TPSA) is 12.0 Å². The van der Waals surface area contributed by atoms with Crippen LogP contribution in [0.4, 0.5) is 0 Å². The van der Waals surface area contributed by atoms with Gasteiger partial charge in [-0.15, -0.1) is 0 Å². The maximum Gasteiger partial charge on any atom is 0.0224 e. The van der Waals surface area contributed by atoms with E-state index in [1.54, 1.807) is 0 Å². The summed E-state index contributed by atoms with van der Waals surface area (Å²) in [5.41, 5.74) is 0. The SMILES string of the molecule is CCC#CC#CCCNC. The molecular weight excluding hydrogens is 122 g/mol. The van der Waals surface area contributed by atoms with Crippen LogP contribution in [0.3, 0.4) is 0 Å². The van der Waals surface area contributed by atoms with Gasteiger partial charge in [0.05, 0.1) is 0 Å². The molecule has 0 saturated heterocycles. The van der Waals surface area contributed by atoms with E-state index in [0.29, 0.717) is 0 Å². The monoisotopic (exact) mass is 135 g/mol. The maximum atomic E-state index is 3.01. The first kappa shape index (κ1) is 9.08. The van der Waals surface area contributed by atoms with Gasteiger partial charge in [0.25, 0.3) is 0 Å². The summed E-state index contributed by atoms with van der Waals surface area (Å²) >= 11 is 0. The Bertz CT molecular complexity index is 172. The Labute approximate surface area is 63.2 Å². The van der Waals surface area contributed by atoms with E-state index in [-0.39, 0.29) is 0 Å². The van der Waals surface area contributed by atoms with E-state index in [0.717, 1.165) is 19.4 Å². The van der Waals surface area contributed by atoms with E-state index in [4.69, 9.17) is 0 Å². The largest absolute Gasteiger partial charge is 0.319 e. The molecule has 0 atom stereocenters. The second kappa shape index (κ2) is 8.08. The van der Waals surface area contributed by atoms with E-state index in [9.17, 15) is 0 Å². The fourth-order valence-electron chi connectivity index (χ4n) is 0.427. The Balaban J connectivity index is 3.31. The second-order valence-corrected chi connectivity index (χ2v) is 1.81. The van der Waals surface area contributed by atoms with Crippen molar-refractivity contribution in [3.05, 3.63) is 0 Å². The van der Waals surface area contributed by atoms with Crippen LogP contribution in [0.15, 0.2) is 0 Å². The van der Waals surface area contributed by atoms with Gasteiger partial charge in [-0.1, -0.05) is 18.8 Å². The van der Waals surface area contributed by atoms with Gasteiger partial charge in [-0.05, 0) is 18.9 Å². The van der Waals surface area contributed by atoms with E-state index in [1.807, 2.05) is 14.0 Å². The maximum absolute atomic E-state index is 3.01. The molecule has 1 heteroatoms. The lowest BCUT2D eigenvalue weighted by Gasteiger charge is -1.85. The molecule has 0 aliphatic carbocycles. The molecule has 0 aromatic heterocycles. The van der Waals surface area contributed by atoms with Crippen LogP contribution in [0.5, 0.6) is 0 Å². The van der Waals surface area contributed by atoms with Crippen molar-refractivity contribution in [3.63, 3.8) is 0 Å². The van der Waals surface area contributed by atoms with Gasteiger partial charge >= 0.3 is 0 Å². The Morgan fingerprint density at radius 1 is 1.20 bits per heavy atom. The Morgan fingerprint density at radius 2 is 1.90 bits per heavy atom. The molecule has 0 aromatic rings. The first-order valence-electron chi connectivity index (χ1n) is 3.52. The third kappa shape index (κ3) is 7.08. The van der Waals surface area contributed by atoms with Gasteiger partial charge in [0.15, 0.2) is 0 Å². The van der Waals surface area contributed by atoms with Gasteiger partial charge in [0.2, 0.25) is 0 Å². The van der Waals surface area contributed by atoms with Crippen LogP contribution in [-0.4, -0.2) is 13.6 Å². The number of nitrogens with one attached hydrogen (secondary N) is 1. The van der Waals surface area contributed by atoms with Crippen molar-refractivity contribution in [2.24, 2.45) is 0 Å². The molecule has 0 rings (SSSR count). The fraction of sp³-hybridized carbons (Fsp3) is 0.556. The summed E-state index contributed by atoms with van der Waals surface area (Å²) in [6, 6.07) is 0. The molecule has 0 spiro atoms. The molecule has 0 fully saturated rings. The van der Waals surface area contributed by atoms with Gasteiger partial charge in [0.1, 0.15) is 0 Å². The summed E-state index contributed by atoms with van der Waals surface area (Å²) in [7, 11) is 1.92. The molecule has 1 N–H and O–H groups in total. The summed E-state index contributed by atoms with van der Waals surface area (Å²) in [4.78, 5) is 0. The first-order valence-corrected chi connectivity index (χ1v) is 3.52. The van der Waals surface area contributed by atoms with E-state index >= 15 is 0 Å². The quantitative estimate of drug-likeness (QED) is 0.440. The highest BCUT2D eigenvalue weighted by molar-refractivity contribution is 5.25. The van der Waals surface area contributed by atoms with Gasteiger partial charge < -0.3 is 5.32 Å². The Morgan fingerprint density at radius 3 is 2.50 bits per heavy atom. The second-order valence-electron chi connectivity index (χ2n) is 1.81. The zero-order valence-corrected chi connectivity index (χ0v) is 6.62. The minimum atomic E-state index is 0.884. The average molecular weight is 135 g/mol. The van der Waals surface area contributed by atoms with Crippen LogP contribution in [0.25, 0.3) is 0 Å². The molecule has 54 valence electrons. The molecule has 0 unspecified atom stereocenters. The summed E-state index contributed by atoms with van der Waals surface area (Å²) < 4.78 is 0. The predicted molar refractivity (Wildman–Crippen MR) is 44.4 cm³/mol. The molecule has 0 aromatic carbocycles. The standard InChI is InChI=1S/C9H13N/c1-3-4-5-6-7-8-9-10-2/h10H,3,8-9H2,1-2H3. The highest BCUT2D eigenvalue weighted by Crippen LogP contribution is 1.69. The first-order chi connectivity index (χ1) is 4.91. The normalized spacial score (nSPS) is 7.00. The zero-order chi connectivity index (χ0) is 7.66. The van der Waals surface area contributed by atoms with Crippen LogP contribution in [-0.2, 0) is 0 Å². The molecule has 0 radical (unpaired) electrons. The molecule has 1 nitrogen and oxygen atoms in total. The van der Waals surface area contributed by atoms with E-state index in [2.05, 4.69) is 29.0 Å². The van der Waals surface area contributed by atoms with Crippen LogP contribution in [0.1, 0.15) is 19.8 Å². The third-order valence-corrected chi connectivity index (χ3v) is 0.916. The summed E-state index contributed by atoms with van der Waals surface area (Å²) in [6.07, 6.45) is 1.77. The van der Waals surface area contributed by atoms with Crippen LogP contribution >= 0.6 is 0 Å². The Hall–Kier alpha value is -0.920. The molecule has 0 bridgehead atoms. The lowest BCUT2D eigenvalue weighted by atomic mass is 10.4. The lowest BCUT2D eigenvalue weighted by Crippen LogP contribution is -2.05. The summed E-state index contributed by atoms with van der Waals surface area (Å²) in [5.74, 6) is 11.3. The summed E-state index contributed by atoms with van der Waals surface area (Å²) in [6.45, 7) is 2.96. The lowest BCUT2D eigenvalue weighted by molar-refractivity contribution is 0.818. The molecule has 0 saturated carbocycles. The fourth-order valence-corrected chi connectivity index (χ4v) is 0.427.